The number of hydrogen-bond acceptors (Lipinski definition) is 4. The molecule has 5 rings (SSSR count). The highest BCUT2D eigenvalue weighted by atomic mass is 32.2. The van der Waals surface area contributed by atoms with Crippen LogP contribution in [0.2, 0.25) is 0 Å². The van der Waals surface area contributed by atoms with Crippen LogP contribution in [0.4, 0.5) is 0 Å². The van der Waals surface area contributed by atoms with Gasteiger partial charge in [0, 0.05) is 41.0 Å². The van der Waals surface area contributed by atoms with Crippen LogP contribution in [-0.4, -0.2) is 36.8 Å². The molecule has 1 aromatic carbocycles. The first-order valence-corrected chi connectivity index (χ1v) is 15.9. The summed E-state index contributed by atoms with van der Waals surface area (Å²) < 4.78 is 38.2. The molecule has 1 aliphatic heterocycles. The maximum Gasteiger partial charge on any atom is 0.242 e. The Morgan fingerprint density at radius 3 is 2.34 bits per heavy atom. The molecule has 0 unspecified atom stereocenters. The number of sulfonamides is 1. The van der Waals surface area contributed by atoms with Crippen LogP contribution >= 0.6 is 0 Å². The predicted octanol–water partition coefficient (Wildman–Crippen LogP) is 6.20. The molecule has 0 radical (unpaired) electrons. The summed E-state index contributed by atoms with van der Waals surface area (Å²) in [4.78, 5) is 0.306. The number of nitrogens with one attached hydrogen (secondary N) is 1. The Morgan fingerprint density at radius 2 is 1.74 bits per heavy atom. The Hall–Kier alpha value is -1.83. The third-order valence-electron chi connectivity index (χ3n) is 8.91. The van der Waals surface area contributed by atoms with Gasteiger partial charge in [0.15, 0.2) is 0 Å². The van der Waals surface area contributed by atoms with Crippen molar-refractivity contribution in [3.8, 4) is 17.0 Å². The second kappa shape index (κ2) is 9.67. The van der Waals surface area contributed by atoms with Gasteiger partial charge in [0.05, 0.1) is 12.2 Å². The van der Waals surface area contributed by atoms with Gasteiger partial charge < -0.3 is 14.4 Å². The zero-order chi connectivity index (χ0) is 27.5. The number of benzene rings is 1. The lowest BCUT2D eigenvalue weighted by Crippen LogP contribution is -2.38. The minimum atomic E-state index is -3.80. The van der Waals surface area contributed by atoms with Gasteiger partial charge in [-0.1, -0.05) is 40.0 Å². The standard InChI is InChI=1S/C31H46N2O4S/c1-21-27(38(35,36)32-20-30(5,6)34)18-26(33(21)19-22-10-8-7-9-11-22)23-16-24(29(2,3)4)28-25(17-23)31(12-13-31)14-15-37-28/h16-18,22,32,34H,7-15,19-20H2,1-6H3. The van der Waals surface area contributed by atoms with Gasteiger partial charge in [-0.25, -0.2) is 13.1 Å². The second-order valence-corrected chi connectivity index (χ2v) is 15.5. The lowest BCUT2D eigenvalue weighted by atomic mass is 9.79. The molecule has 0 atom stereocenters. The molecule has 2 saturated carbocycles. The molecule has 2 aliphatic carbocycles. The number of aliphatic hydroxyl groups is 1. The zero-order valence-corrected chi connectivity index (χ0v) is 24.9. The molecular weight excluding hydrogens is 496 g/mol. The van der Waals surface area contributed by atoms with Crippen molar-refractivity contribution < 1.29 is 18.3 Å². The molecule has 1 spiro atoms. The molecule has 2 aromatic rings. The number of fused-ring (bicyclic) bond motifs is 2. The summed E-state index contributed by atoms with van der Waals surface area (Å²) in [5.41, 5.74) is 4.28. The van der Waals surface area contributed by atoms with E-state index in [0.29, 0.717) is 10.8 Å². The van der Waals surface area contributed by atoms with E-state index in [2.05, 4.69) is 42.2 Å². The Labute approximate surface area is 229 Å². The average molecular weight is 543 g/mol. The molecule has 2 fully saturated rings. The van der Waals surface area contributed by atoms with E-state index in [1.165, 1.54) is 56.1 Å². The predicted molar refractivity (Wildman–Crippen MR) is 152 cm³/mol. The Bertz CT molecular complexity index is 1280. The summed E-state index contributed by atoms with van der Waals surface area (Å²) in [6.07, 6.45) is 9.58. The number of rotatable bonds is 7. The first-order valence-electron chi connectivity index (χ1n) is 14.4. The lowest BCUT2D eigenvalue weighted by Gasteiger charge is -2.33. The van der Waals surface area contributed by atoms with Gasteiger partial charge in [-0.2, -0.15) is 0 Å². The van der Waals surface area contributed by atoms with Gasteiger partial charge in [-0.15, -0.1) is 0 Å². The van der Waals surface area contributed by atoms with Crippen molar-refractivity contribution in [2.45, 2.75) is 121 Å². The minimum Gasteiger partial charge on any atom is -0.493 e. The molecular formula is C31H46N2O4S. The molecule has 0 amide bonds. The van der Waals surface area contributed by atoms with E-state index in [1.807, 2.05) is 13.0 Å². The average Bonchev–Trinajstić information content (AvgIpc) is 3.53. The van der Waals surface area contributed by atoms with Crippen LogP contribution in [0.5, 0.6) is 5.75 Å². The molecule has 2 heterocycles. The highest BCUT2D eigenvalue weighted by Crippen LogP contribution is 2.58. The van der Waals surface area contributed by atoms with Gasteiger partial charge in [0.1, 0.15) is 10.6 Å². The van der Waals surface area contributed by atoms with Crippen LogP contribution in [0, 0.1) is 12.8 Å². The minimum absolute atomic E-state index is 0.0369. The van der Waals surface area contributed by atoms with Crippen molar-refractivity contribution in [2.75, 3.05) is 13.2 Å². The van der Waals surface area contributed by atoms with E-state index in [1.54, 1.807) is 13.8 Å². The molecule has 3 aliphatic rings. The Kier molecular flexibility index (Phi) is 7.05. The second-order valence-electron chi connectivity index (χ2n) is 13.8. The monoisotopic (exact) mass is 542 g/mol. The summed E-state index contributed by atoms with van der Waals surface area (Å²) in [5.74, 6) is 1.60. The first-order chi connectivity index (χ1) is 17.7. The number of hydrogen-bond donors (Lipinski definition) is 2. The summed E-state index contributed by atoms with van der Waals surface area (Å²) in [6, 6.07) is 6.40. The highest BCUT2D eigenvalue weighted by Gasteiger charge is 2.49. The van der Waals surface area contributed by atoms with Gasteiger partial charge in [-0.3, -0.25) is 0 Å². The van der Waals surface area contributed by atoms with E-state index in [0.717, 1.165) is 42.3 Å². The lowest BCUT2D eigenvalue weighted by molar-refractivity contribution is 0.0857. The van der Waals surface area contributed by atoms with Crippen molar-refractivity contribution in [1.29, 1.82) is 0 Å². The molecule has 1 aromatic heterocycles. The van der Waals surface area contributed by atoms with E-state index < -0.39 is 15.6 Å². The van der Waals surface area contributed by atoms with E-state index in [4.69, 9.17) is 4.74 Å². The number of aromatic nitrogens is 1. The topological polar surface area (TPSA) is 80.6 Å². The van der Waals surface area contributed by atoms with E-state index >= 15 is 0 Å². The molecule has 38 heavy (non-hydrogen) atoms. The van der Waals surface area contributed by atoms with Crippen LogP contribution in [-0.2, 0) is 27.4 Å². The largest absolute Gasteiger partial charge is 0.493 e. The van der Waals surface area contributed by atoms with Crippen molar-refractivity contribution in [3.63, 3.8) is 0 Å². The van der Waals surface area contributed by atoms with Gasteiger partial charge in [0.25, 0.3) is 0 Å². The SMILES string of the molecule is Cc1c(S(=O)(=O)NCC(C)(C)O)cc(-c2cc(C(C)(C)C)c3c(c2)C2(CCO3)CC2)n1CC1CCCCC1. The first kappa shape index (κ1) is 27.7. The smallest absolute Gasteiger partial charge is 0.242 e. The summed E-state index contributed by atoms with van der Waals surface area (Å²) >= 11 is 0. The van der Waals surface area contributed by atoms with E-state index in [-0.39, 0.29) is 17.4 Å². The van der Waals surface area contributed by atoms with E-state index in [9.17, 15) is 13.5 Å². The normalized spacial score (nSPS) is 19.9. The molecule has 6 nitrogen and oxygen atoms in total. The van der Waals surface area contributed by atoms with Crippen LogP contribution in [0.15, 0.2) is 23.1 Å². The fourth-order valence-electron chi connectivity index (χ4n) is 6.38. The van der Waals surface area contributed by atoms with Gasteiger partial charge in [-0.05, 0) is 88.0 Å². The maximum atomic E-state index is 13.5. The number of ether oxygens (including phenoxy) is 1. The maximum absolute atomic E-state index is 13.5. The summed E-state index contributed by atoms with van der Waals surface area (Å²) in [6.45, 7) is 13.4. The molecule has 210 valence electrons. The fourth-order valence-corrected chi connectivity index (χ4v) is 7.85. The third-order valence-corrected chi connectivity index (χ3v) is 10.4. The van der Waals surface area contributed by atoms with Crippen molar-refractivity contribution in [1.82, 2.24) is 9.29 Å². The Morgan fingerprint density at radius 1 is 1.05 bits per heavy atom. The molecule has 0 bridgehead atoms. The molecule has 0 saturated heterocycles. The summed E-state index contributed by atoms with van der Waals surface area (Å²) in [5, 5.41) is 10.2. The van der Waals surface area contributed by atoms with Gasteiger partial charge >= 0.3 is 0 Å². The molecule has 7 heteroatoms. The number of nitrogens with zero attached hydrogens (tertiary/aromatic N) is 1. The zero-order valence-electron chi connectivity index (χ0n) is 24.1. The van der Waals surface area contributed by atoms with Gasteiger partial charge in [0.2, 0.25) is 10.0 Å². The highest BCUT2D eigenvalue weighted by molar-refractivity contribution is 7.89. The van der Waals surface area contributed by atoms with Crippen molar-refractivity contribution >= 4 is 10.0 Å². The quantitative estimate of drug-likeness (QED) is 0.436. The fraction of sp³-hybridized carbons (Fsp3) is 0.677. The van der Waals surface area contributed by atoms with Crippen LogP contribution in [0.1, 0.15) is 103 Å². The molecule has 2 N–H and O–H groups in total. The summed E-state index contributed by atoms with van der Waals surface area (Å²) in [7, 11) is -3.80. The van der Waals surface area contributed by atoms with Crippen LogP contribution < -0.4 is 9.46 Å². The third kappa shape index (κ3) is 5.44. The van der Waals surface area contributed by atoms with Crippen molar-refractivity contribution in [3.05, 3.63) is 35.0 Å². The van der Waals surface area contributed by atoms with Crippen molar-refractivity contribution in [2.24, 2.45) is 5.92 Å². The van der Waals surface area contributed by atoms with Crippen LogP contribution in [0.3, 0.4) is 0 Å². The van der Waals surface area contributed by atoms with Crippen LogP contribution in [0.25, 0.3) is 11.3 Å². The Balaban J connectivity index is 1.66.